The molecule has 0 radical (unpaired) electrons. The van der Waals surface area contributed by atoms with E-state index in [9.17, 15) is 31.9 Å². The maximum absolute atomic E-state index is 14.4. The average Bonchev–Trinajstić information content (AvgIpc) is 3.39. The summed E-state index contributed by atoms with van der Waals surface area (Å²) < 4.78 is 82.4. The van der Waals surface area contributed by atoms with Crippen LogP contribution in [0.2, 0.25) is 0 Å². The van der Waals surface area contributed by atoms with E-state index in [0.29, 0.717) is 21.9 Å². The molecule has 0 unspecified atom stereocenters. The minimum Gasteiger partial charge on any atom is -0.497 e. The fourth-order valence-electron chi connectivity index (χ4n) is 5.77. The first kappa shape index (κ1) is 31.1. The number of hydrogen-bond acceptors (Lipinski definition) is 7. The van der Waals surface area contributed by atoms with Crippen LogP contribution in [0.3, 0.4) is 0 Å². The molecule has 1 amide bonds. The van der Waals surface area contributed by atoms with Crippen LogP contribution in [-0.2, 0) is 6.18 Å². The van der Waals surface area contributed by atoms with Crippen molar-refractivity contribution in [3.05, 3.63) is 76.6 Å². The smallest absolute Gasteiger partial charge is 0.433 e. The van der Waals surface area contributed by atoms with Crippen LogP contribution in [-0.4, -0.2) is 81.9 Å². The molecule has 2 atom stereocenters. The van der Waals surface area contributed by atoms with Crippen molar-refractivity contribution in [2.45, 2.75) is 32.1 Å². The molecule has 1 aliphatic heterocycles. The van der Waals surface area contributed by atoms with Crippen LogP contribution in [0.15, 0.2) is 42.6 Å². The van der Waals surface area contributed by atoms with Crippen LogP contribution in [0, 0.1) is 18.6 Å². The number of carbonyl (C=O) groups excluding carboxylic acids is 1. The Bertz CT molecular complexity index is 1690. The number of aliphatic hydroxyl groups is 1. The number of hydrogen-bond donors (Lipinski definition) is 1. The molecule has 0 aliphatic carbocycles. The van der Waals surface area contributed by atoms with E-state index in [2.05, 4.69) is 10.1 Å². The molecule has 1 aliphatic rings. The van der Waals surface area contributed by atoms with Gasteiger partial charge in [0, 0.05) is 48.4 Å². The van der Waals surface area contributed by atoms with Crippen molar-refractivity contribution in [3.63, 3.8) is 0 Å². The lowest BCUT2D eigenvalue weighted by Gasteiger charge is -2.43. The standard InChI is InChI=1S/C30H30F5N5O4/c1-16-14-38(24(15-41)21-11-19(31)12-23(32)26(21)44-4)9-10-39(16)29(42)22-13-36-40-27(30(33,34)35)17(2)25(37-28(22)40)18-5-7-20(43-3)8-6-18/h5-8,11-13,16,24,41H,9-10,14-15H2,1-4H3/t16-,24-/m1/s1. The van der Waals surface area contributed by atoms with Gasteiger partial charge in [-0.15, -0.1) is 0 Å². The van der Waals surface area contributed by atoms with Gasteiger partial charge in [0.25, 0.3) is 5.91 Å². The highest BCUT2D eigenvalue weighted by Gasteiger charge is 2.40. The van der Waals surface area contributed by atoms with E-state index >= 15 is 0 Å². The second kappa shape index (κ2) is 12.0. The molecule has 0 saturated carbocycles. The van der Waals surface area contributed by atoms with Gasteiger partial charge in [0.1, 0.15) is 17.1 Å². The molecule has 2 aromatic carbocycles. The molecule has 2 aromatic heterocycles. The Kier molecular flexibility index (Phi) is 8.49. The van der Waals surface area contributed by atoms with Gasteiger partial charge in [0.05, 0.1) is 38.8 Å². The summed E-state index contributed by atoms with van der Waals surface area (Å²) in [6.07, 6.45) is -3.72. The Morgan fingerprint density at radius 1 is 1.11 bits per heavy atom. The monoisotopic (exact) mass is 619 g/mol. The summed E-state index contributed by atoms with van der Waals surface area (Å²) in [5.41, 5.74) is -1.00. The fraction of sp³-hybridized carbons (Fsp3) is 0.367. The van der Waals surface area contributed by atoms with Crippen molar-refractivity contribution in [2.75, 3.05) is 40.5 Å². The number of amides is 1. The third-order valence-electron chi connectivity index (χ3n) is 7.88. The highest BCUT2D eigenvalue weighted by molar-refractivity contribution is 6.00. The molecule has 44 heavy (non-hydrogen) atoms. The predicted octanol–water partition coefficient (Wildman–Crippen LogP) is 4.90. The van der Waals surface area contributed by atoms with Crippen LogP contribution in [0.25, 0.3) is 16.9 Å². The van der Waals surface area contributed by atoms with Gasteiger partial charge in [-0.1, -0.05) is 0 Å². The summed E-state index contributed by atoms with van der Waals surface area (Å²) in [5.74, 6) is -2.00. The topological polar surface area (TPSA) is 92.4 Å². The number of halogens is 5. The normalized spacial score (nSPS) is 16.8. The number of fused-ring (bicyclic) bond motifs is 1. The first-order valence-electron chi connectivity index (χ1n) is 13.7. The number of nitrogens with zero attached hydrogens (tertiary/aromatic N) is 5. The Hall–Kier alpha value is -4.30. The first-order chi connectivity index (χ1) is 20.9. The summed E-state index contributed by atoms with van der Waals surface area (Å²) >= 11 is 0. The molecule has 5 rings (SSSR count). The molecule has 1 saturated heterocycles. The van der Waals surface area contributed by atoms with Crippen molar-refractivity contribution < 1.29 is 41.3 Å². The lowest BCUT2D eigenvalue weighted by Crippen LogP contribution is -2.55. The Morgan fingerprint density at radius 2 is 1.82 bits per heavy atom. The lowest BCUT2D eigenvalue weighted by molar-refractivity contribution is -0.143. The molecular formula is C30H30F5N5O4. The minimum absolute atomic E-state index is 0.0435. The zero-order chi connectivity index (χ0) is 31.9. The summed E-state index contributed by atoms with van der Waals surface area (Å²) in [7, 11) is 2.71. The van der Waals surface area contributed by atoms with E-state index in [1.165, 1.54) is 26.0 Å². The third kappa shape index (κ3) is 5.54. The SMILES string of the molecule is COc1ccc(-c2nc3c(C(=O)N4CCN([C@H](CO)c5cc(F)cc(F)c5OC)C[C@H]4C)cnn3c(C(F)(F)F)c2C)cc1. The number of piperazine rings is 1. The predicted molar refractivity (Wildman–Crippen MR) is 150 cm³/mol. The van der Waals surface area contributed by atoms with Crippen LogP contribution < -0.4 is 9.47 Å². The van der Waals surface area contributed by atoms with Crippen molar-refractivity contribution in [1.82, 2.24) is 24.4 Å². The van der Waals surface area contributed by atoms with E-state index in [1.54, 1.807) is 36.1 Å². The molecule has 1 N–H and O–H groups in total. The number of carbonyl (C=O) groups is 1. The van der Waals surface area contributed by atoms with E-state index in [0.717, 1.165) is 12.3 Å². The number of ether oxygens (including phenoxy) is 2. The second-order valence-corrected chi connectivity index (χ2v) is 10.5. The minimum atomic E-state index is -4.80. The molecule has 1 fully saturated rings. The van der Waals surface area contributed by atoms with Gasteiger partial charge in [-0.3, -0.25) is 9.69 Å². The van der Waals surface area contributed by atoms with Gasteiger partial charge in [0.2, 0.25) is 0 Å². The Balaban J connectivity index is 1.48. The van der Waals surface area contributed by atoms with Gasteiger partial charge >= 0.3 is 6.18 Å². The van der Waals surface area contributed by atoms with E-state index in [-0.39, 0.29) is 53.4 Å². The number of aromatic nitrogens is 3. The van der Waals surface area contributed by atoms with Gasteiger partial charge < -0.3 is 19.5 Å². The molecule has 4 aromatic rings. The van der Waals surface area contributed by atoms with Gasteiger partial charge in [0.15, 0.2) is 22.9 Å². The van der Waals surface area contributed by atoms with E-state index in [4.69, 9.17) is 9.47 Å². The van der Waals surface area contributed by atoms with Crippen LogP contribution >= 0.6 is 0 Å². The first-order valence-corrected chi connectivity index (χ1v) is 13.7. The van der Waals surface area contributed by atoms with Crippen LogP contribution in [0.1, 0.15) is 40.1 Å². The van der Waals surface area contributed by atoms with Gasteiger partial charge in [-0.05, 0) is 44.2 Å². The number of aliphatic hydroxyl groups excluding tert-OH is 1. The highest BCUT2D eigenvalue weighted by Crippen LogP contribution is 2.38. The number of benzene rings is 2. The van der Waals surface area contributed by atoms with Crippen LogP contribution in [0.5, 0.6) is 11.5 Å². The molecule has 0 spiro atoms. The number of methoxy groups -OCH3 is 2. The highest BCUT2D eigenvalue weighted by atomic mass is 19.4. The van der Waals surface area contributed by atoms with Gasteiger partial charge in [-0.2, -0.15) is 18.3 Å². The lowest BCUT2D eigenvalue weighted by atomic mass is 10.0. The van der Waals surface area contributed by atoms with E-state index < -0.39 is 48.1 Å². The maximum atomic E-state index is 14.4. The van der Waals surface area contributed by atoms with Gasteiger partial charge in [-0.25, -0.2) is 18.3 Å². The molecule has 234 valence electrons. The summed E-state index contributed by atoms with van der Waals surface area (Å²) in [4.78, 5) is 21.6. The average molecular weight is 620 g/mol. The quantitative estimate of drug-likeness (QED) is 0.295. The van der Waals surface area contributed by atoms with E-state index in [1.807, 2.05) is 0 Å². The van der Waals surface area contributed by atoms with Crippen molar-refractivity contribution in [3.8, 4) is 22.8 Å². The fourth-order valence-corrected chi connectivity index (χ4v) is 5.77. The largest absolute Gasteiger partial charge is 0.497 e. The zero-order valence-electron chi connectivity index (χ0n) is 24.3. The maximum Gasteiger partial charge on any atom is 0.433 e. The van der Waals surface area contributed by atoms with Crippen LogP contribution in [0.4, 0.5) is 22.0 Å². The molecule has 14 heteroatoms. The Labute approximate surface area is 249 Å². The Morgan fingerprint density at radius 3 is 2.41 bits per heavy atom. The second-order valence-electron chi connectivity index (χ2n) is 10.5. The molecular weight excluding hydrogens is 589 g/mol. The zero-order valence-corrected chi connectivity index (χ0v) is 24.3. The third-order valence-corrected chi connectivity index (χ3v) is 7.88. The summed E-state index contributed by atoms with van der Waals surface area (Å²) in [6.45, 7) is 3.04. The summed E-state index contributed by atoms with van der Waals surface area (Å²) in [5, 5.41) is 14.1. The number of rotatable bonds is 7. The molecule has 3 heterocycles. The van der Waals surface area contributed by atoms with Crippen molar-refractivity contribution in [2.24, 2.45) is 0 Å². The molecule has 0 bridgehead atoms. The molecule has 9 nitrogen and oxygen atoms in total. The van der Waals surface area contributed by atoms with Crippen molar-refractivity contribution >= 4 is 11.6 Å². The summed E-state index contributed by atoms with van der Waals surface area (Å²) in [6, 6.07) is 6.82. The number of alkyl halides is 3. The van der Waals surface area contributed by atoms with Crippen molar-refractivity contribution in [1.29, 1.82) is 0 Å².